The number of carbonyl (C=O) groups excluding carboxylic acids is 1. The Kier molecular flexibility index (Phi) is 6.21. The Labute approximate surface area is 116 Å². The third-order valence-electron chi connectivity index (χ3n) is 2.59. The average Bonchev–Trinajstić information content (AvgIpc) is 2.38. The van der Waals surface area contributed by atoms with E-state index in [1.807, 2.05) is 37.4 Å². The van der Waals surface area contributed by atoms with Crippen molar-refractivity contribution in [1.82, 2.24) is 10.6 Å². The highest BCUT2D eigenvalue weighted by Crippen LogP contribution is 2.18. The highest BCUT2D eigenvalue weighted by Gasteiger charge is 2.09. The van der Waals surface area contributed by atoms with Crippen LogP contribution in [0, 0.1) is 0 Å². The van der Waals surface area contributed by atoms with Crippen molar-refractivity contribution in [3.05, 3.63) is 29.8 Å². The first kappa shape index (κ1) is 15.4. The number of carbonyl (C=O) groups is 2. The van der Waals surface area contributed by atoms with Crippen molar-refractivity contribution in [2.75, 3.05) is 12.8 Å². The maximum atomic E-state index is 11.5. The maximum Gasteiger partial charge on any atom is 0.315 e. The molecule has 104 valence electrons. The molecule has 1 rings (SSSR count). The molecule has 0 spiro atoms. The van der Waals surface area contributed by atoms with Crippen molar-refractivity contribution in [2.24, 2.45) is 0 Å². The highest BCUT2D eigenvalue weighted by atomic mass is 32.2. The van der Waals surface area contributed by atoms with E-state index in [2.05, 4.69) is 10.6 Å². The molecule has 6 heteroatoms. The predicted octanol–water partition coefficient (Wildman–Crippen LogP) is 2.24. The Balaban J connectivity index is 2.42. The smallest absolute Gasteiger partial charge is 0.315 e. The number of hydrogen-bond donors (Lipinski definition) is 3. The summed E-state index contributed by atoms with van der Waals surface area (Å²) in [5.41, 5.74) is 1.01. The minimum Gasteiger partial charge on any atom is -0.481 e. The number of carboxylic acids is 1. The van der Waals surface area contributed by atoms with E-state index in [0.717, 1.165) is 5.56 Å². The minimum absolute atomic E-state index is 0.0791. The number of aliphatic carboxylic acids is 1. The zero-order valence-corrected chi connectivity index (χ0v) is 11.8. The molecule has 0 aliphatic rings. The zero-order valence-electron chi connectivity index (χ0n) is 11.0. The lowest BCUT2D eigenvalue weighted by Gasteiger charge is -2.15. The lowest BCUT2D eigenvalue weighted by atomic mass is 10.1. The lowest BCUT2D eigenvalue weighted by Crippen LogP contribution is -2.38. The summed E-state index contributed by atoms with van der Waals surface area (Å²) in [6, 6.07) is 7.45. The van der Waals surface area contributed by atoms with E-state index in [9.17, 15) is 9.59 Å². The van der Waals surface area contributed by atoms with Crippen LogP contribution in [0.2, 0.25) is 0 Å². The van der Waals surface area contributed by atoms with Crippen molar-refractivity contribution in [3.8, 4) is 0 Å². The van der Waals surface area contributed by atoms with Crippen molar-refractivity contribution in [3.63, 3.8) is 0 Å². The van der Waals surface area contributed by atoms with E-state index < -0.39 is 5.97 Å². The van der Waals surface area contributed by atoms with Gasteiger partial charge in [0.1, 0.15) is 0 Å². The second-order valence-electron chi connectivity index (χ2n) is 4.04. The Morgan fingerprint density at radius 2 is 1.95 bits per heavy atom. The van der Waals surface area contributed by atoms with Gasteiger partial charge in [0.05, 0.1) is 12.5 Å². The maximum absolute atomic E-state index is 11.5. The summed E-state index contributed by atoms with van der Waals surface area (Å²) in [6.07, 6.45) is 1.93. The van der Waals surface area contributed by atoms with Gasteiger partial charge in [0.2, 0.25) is 0 Å². The van der Waals surface area contributed by atoms with Crippen LogP contribution in [0.5, 0.6) is 0 Å². The van der Waals surface area contributed by atoms with Crippen LogP contribution >= 0.6 is 11.8 Å². The number of urea groups is 1. The van der Waals surface area contributed by atoms with Crippen LogP contribution in [-0.2, 0) is 4.79 Å². The fraction of sp³-hybridized carbons (Fsp3) is 0.385. The van der Waals surface area contributed by atoms with Crippen LogP contribution in [0.15, 0.2) is 29.2 Å². The highest BCUT2D eigenvalue weighted by molar-refractivity contribution is 7.98. The molecule has 1 aromatic carbocycles. The number of hydrogen-bond acceptors (Lipinski definition) is 3. The first-order chi connectivity index (χ1) is 9.02. The monoisotopic (exact) mass is 282 g/mol. The van der Waals surface area contributed by atoms with Gasteiger partial charge in [-0.1, -0.05) is 12.1 Å². The second kappa shape index (κ2) is 7.68. The molecule has 19 heavy (non-hydrogen) atoms. The van der Waals surface area contributed by atoms with E-state index in [1.165, 1.54) is 4.90 Å². The number of amides is 2. The molecule has 1 atom stereocenters. The Bertz CT molecular complexity index is 434. The summed E-state index contributed by atoms with van der Waals surface area (Å²) in [4.78, 5) is 23.0. The van der Waals surface area contributed by atoms with Crippen LogP contribution in [0.4, 0.5) is 4.79 Å². The van der Waals surface area contributed by atoms with Crippen LogP contribution in [0.1, 0.15) is 24.9 Å². The molecule has 0 aromatic heterocycles. The molecular formula is C13H18N2O3S. The summed E-state index contributed by atoms with van der Waals surface area (Å²) in [5.74, 6) is -0.930. The standard InChI is InChI=1S/C13H18N2O3S/c1-9(10-3-5-11(19-2)6-4-10)15-13(18)14-8-7-12(16)17/h3-6,9H,7-8H2,1-2H3,(H,16,17)(H2,14,15,18)/t9-/m1/s1. The van der Waals surface area contributed by atoms with Gasteiger partial charge >= 0.3 is 12.0 Å². The van der Waals surface area contributed by atoms with Crippen molar-refractivity contribution in [2.45, 2.75) is 24.3 Å². The van der Waals surface area contributed by atoms with Gasteiger partial charge in [-0.15, -0.1) is 11.8 Å². The van der Waals surface area contributed by atoms with Crippen LogP contribution in [0.25, 0.3) is 0 Å². The summed E-state index contributed by atoms with van der Waals surface area (Å²) in [7, 11) is 0. The van der Waals surface area contributed by atoms with Gasteiger partial charge in [-0.25, -0.2) is 4.79 Å². The molecule has 0 bridgehead atoms. The number of thioether (sulfide) groups is 1. The fourth-order valence-corrected chi connectivity index (χ4v) is 1.91. The first-order valence-electron chi connectivity index (χ1n) is 5.93. The normalized spacial score (nSPS) is 11.7. The number of nitrogens with one attached hydrogen (secondary N) is 2. The van der Waals surface area contributed by atoms with Crippen molar-refractivity contribution >= 4 is 23.8 Å². The molecular weight excluding hydrogens is 264 g/mol. The molecule has 0 fully saturated rings. The van der Waals surface area contributed by atoms with Gasteiger partial charge in [-0.3, -0.25) is 4.79 Å². The summed E-state index contributed by atoms with van der Waals surface area (Å²) < 4.78 is 0. The molecule has 0 radical (unpaired) electrons. The third kappa shape index (κ3) is 5.65. The molecule has 3 N–H and O–H groups in total. The zero-order chi connectivity index (χ0) is 14.3. The Hall–Kier alpha value is -1.69. The van der Waals surface area contributed by atoms with Gasteiger partial charge in [0.15, 0.2) is 0 Å². The van der Waals surface area contributed by atoms with E-state index in [0.29, 0.717) is 0 Å². The number of carboxylic acid groups (broad SMARTS) is 1. The van der Waals surface area contributed by atoms with E-state index >= 15 is 0 Å². The summed E-state index contributed by atoms with van der Waals surface area (Å²) >= 11 is 1.66. The van der Waals surface area contributed by atoms with Crippen LogP contribution < -0.4 is 10.6 Å². The summed E-state index contributed by atoms with van der Waals surface area (Å²) in [5, 5.41) is 13.7. The quantitative estimate of drug-likeness (QED) is 0.699. The first-order valence-corrected chi connectivity index (χ1v) is 7.15. The molecule has 0 aliphatic heterocycles. The molecule has 0 aliphatic carbocycles. The van der Waals surface area contributed by atoms with Gasteiger partial charge in [0.25, 0.3) is 0 Å². The van der Waals surface area contributed by atoms with E-state index in [-0.39, 0.29) is 25.0 Å². The average molecular weight is 282 g/mol. The Morgan fingerprint density at radius 3 is 2.47 bits per heavy atom. The van der Waals surface area contributed by atoms with Crippen LogP contribution in [0.3, 0.4) is 0 Å². The molecule has 0 heterocycles. The van der Waals surface area contributed by atoms with Crippen LogP contribution in [-0.4, -0.2) is 29.9 Å². The largest absolute Gasteiger partial charge is 0.481 e. The SMILES string of the molecule is CSc1ccc([C@@H](C)NC(=O)NCCC(=O)O)cc1. The number of benzene rings is 1. The van der Waals surface area contributed by atoms with Gasteiger partial charge in [-0.05, 0) is 30.9 Å². The summed E-state index contributed by atoms with van der Waals surface area (Å²) in [6.45, 7) is 2.00. The molecule has 0 saturated heterocycles. The van der Waals surface area contributed by atoms with Gasteiger partial charge < -0.3 is 15.7 Å². The lowest BCUT2D eigenvalue weighted by molar-refractivity contribution is -0.136. The topological polar surface area (TPSA) is 78.4 Å². The number of rotatable bonds is 6. The van der Waals surface area contributed by atoms with Gasteiger partial charge in [-0.2, -0.15) is 0 Å². The fourth-order valence-electron chi connectivity index (χ4n) is 1.51. The molecule has 5 nitrogen and oxygen atoms in total. The van der Waals surface area contributed by atoms with Gasteiger partial charge in [0, 0.05) is 11.4 Å². The Morgan fingerprint density at radius 1 is 1.32 bits per heavy atom. The van der Waals surface area contributed by atoms with E-state index in [1.54, 1.807) is 11.8 Å². The van der Waals surface area contributed by atoms with Crippen molar-refractivity contribution < 1.29 is 14.7 Å². The molecule has 0 unspecified atom stereocenters. The van der Waals surface area contributed by atoms with E-state index in [4.69, 9.17) is 5.11 Å². The third-order valence-corrected chi connectivity index (χ3v) is 3.33. The predicted molar refractivity (Wildman–Crippen MR) is 75.4 cm³/mol. The molecule has 1 aromatic rings. The molecule has 0 saturated carbocycles. The minimum atomic E-state index is -0.930. The van der Waals surface area contributed by atoms with Crippen molar-refractivity contribution in [1.29, 1.82) is 0 Å². The second-order valence-corrected chi connectivity index (χ2v) is 4.92. The molecule has 2 amide bonds.